The summed E-state index contributed by atoms with van der Waals surface area (Å²) < 4.78 is 18.9. The minimum atomic E-state index is -1.03. The number of aromatic carboxylic acids is 1. The maximum Gasteiger partial charge on any atom is 0.355 e. The molecule has 1 aromatic heterocycles. The van der Waals surface area contributed by atoms with Gasteiger partial charge in [0.25, 0.3) is 0 Å². The molecule has 1 aliphatic rings. The van der Waals surface area contributed by atoms with E-state index in [2.05, 4.69) is 23.7 Å². The van der Waals surface area contributed by atoms with Crippen LogP contribution in [0.3, 0.4) is 0 Å². The maximum absolute atomic E-state index is 13.1. The Morgan fingerprint density at radius 2 is 1.74 bits per heavy atom. The SMILES string of the molecule is Cc1cc(N2CCC(C)(C)CC2)c(-c2ccc(OCCc3ccc(F)cc3)cc2)c(C(=O)O)n1. The second-order valence-electron chi connectivity index (χ2n) is 9.71. The Balaban J connectivity index is 1.56. The van der Waals surface area contributed by atoms with E-state index in [9.17, 15) is 14.3 Å². The van der Waals surface area contributed by atoms with E-state index in [4.69, 9.17) is 4.74 Å². The van der Waals surface area contributed by atoms with E-state index in [1.165, 1.54) is 12.1 Å². The number of aryl methyl sites for hydroxylation is 1. The number of carboxylic acids is 1. The lowest BCUT2D eigenvalue weighted by Gasteiger charge is -2.39. The van der Waals surface area contributed by atoms with Crippen LogP contribution in [0.2, 0.25) is 0 Å². The Morgan fingerprint density at radius 3 is 2.35 bits per heavy atom. The number of carbonyl (C=O) groups is 1. The van der Waals surface area contributed by atoms with Gasteiger partial charge in [0, 0.05) is 36.5 Å². The summed E-state index contributed by atoms with van der Waals surface area (Å²) in [5, 5.41) is 9.92. The summed E-state index contributed by atoms with van der Waals surface area (Å²) in [6, 6.07) is 15.9. The molecular weight excluding hydrogens is 431 g/mol. The van der Waals surface area contributed by atoms with Crippen LogP contribution in [0.25, 0.3) is 11.1 Å². The van der Waals surface area contributed by atoms with Gasteiger partial charge in [0.15, 0.2) is 5.69 Å². The van der Waals surface area contributed by atoms with Crippen molar-refractivity contribution >= 4 is 11.7 Å². The molecule has 0 unspecified atom stereocenters. The lowest BCUT2D eigenvalue weighted by atomic mass is 9.82. The van der Waals surface area contributed by atoms with Crippen molar-refractivity contribution in [2.24, 2.45) is 5.41 Å². The summed E-state index contributed by atoms with van der Waals surface area (Å²) in [7, 11) is 0. The van der Waals surface area contributed by atoms with Crippen LogP contribution in [0.1, 0.15) is 48.4 Å². The Labute approximate surface area is 200 Å². The number of piperidine rings is 1. The zero-order valence-corrected chi connectivity index (χ0v) is 20.0. The Kier molecular flexibility index (Phi) is 6.87. The first kappa shape index (κ1) is 23.7. The summed E-state index contributed by atoms with van der Waals surface area (Å²) in [5.74, 6) is -0.583. The highest BCUT2D eigenvalue weighted by Gasteiger charge is 2.29. The van der Waals surface area contributed by atoms with Gasteiger partial charge < -0.3 is 14.7 Å². The molecule has 178 valence electrons. The molecule has 2 heterocycles. The van der Waals surface area contributed by atoms with Crippen LogP contribution in [0.4, 0.5) is 10.1 Å². The van der Waals surface area contributed by atoms with Gasteiger partial charge in [-0.2, -0.15) is 0 Å². The molecule has 3 aromatic rings. The fraction of sp³-hybridized carbons (Fsp3) is 0.357. The van der Waals surface area contributed by atoms with Gasteiger partial charge in [0.1, 0.15) is 11.6 Å². The van der Waals surface area contributed by atoms with Crippen LogP contribution in [-0.4, -0.2) is 35.8 Å². The Morgan fingerprint density at radius 1 is 1.09 bits per heavy atom. The summed E-state index contributed by atoms with van der Waals surface area (Å²) in [4.78, 5) is 18.8. The standard InChI is InChI=1S/C28H31FN2O3/c1-19-18-24(31-15-13-28(2,3)14-16-31)25(26(30-19)27(32)33)21-6-10-23(11-7-21)34-17-12-20-4-8-22(29)9-5-20/h4-11,18H,12-17H2,1-3H3,(H,32,33). The largest absolute Gasteiger partial charge is 0.493 e. The predicted molar refractivity (Wildman–Crippen MR) is 132 cm³/mol. The van der Waals surface area contributed by atoms with Crippen molar-refractivity contribution in [2.75, 3.05) is 24.6 Å². The van der Waals surface area contributed by atoms with Crippen molar-refractivity contribution in [1.82, 2.24) is 4.98 Å². The van der Waals surface area contributed by atoms with Crippen LogP contribution < -0.4 is 9.64 Å². The molecule has 2 aromatic carbocycles. The number of anilines is 1. The van der Waals surface area contributed by atoms with Gasteiger partial charge in [-0.05, 0) is 66.6 Å². The van der Waals surface area contributed by atoms with Gasteiger partial charge in [-0.1, -0.05) is 38.1 Å². The molecule has 0 radical (unpaired) electrons. The van der Waals surface area contributed by atoms with E-state index >= 15 is 0 Å². The number of hydrogen-bond acceptors (Lipinski definition) is 4. The molecule has 4 rings (SSSR count). The molecule has 0 aliphatic carbocycles. The van der Waals surface area contributed by atoms with Crippen molar-refractivity contribution in [3.05, 3.63) is 77.4 Å². The van der Waals surface area contributed by atoms with Crippen molar-refractivity contribution in [1.29, 1.82) is 0 Å². The van der Waals surface area contributed by atoms with Crippen LogP contribution in [0, 0.1) is 18.2 Å². The molecule has 0 spiro atoms. The molecule has 1 aliphatic heterocycles. The summed E-state index contributed by atoms with van der Waals surface area (Å²) in [5.41, 5.74) is 4.44. The number of hydrogen-bond donors (Lipinski definition) is 1. The van der Waals surface area contributed by atoms with Gasteiger partial charge in [0.05, 0.1) is 6.61 Å². The fourth-order valence-corrected chi connectivity index (χ4v) is 4.35. The zero-order chi connectivity index (χ0) is 24.3. The van der Waals surface area contributed by atoms with Crippen molar-refractivity contribution in [2.45, 2.75) is 40.0 Å². The van der Waals surface area contributed by atoms with Crippen LogP contribution >= 0.6 is 0 Å². The first-order valence-corrected chi connectivity index (χ1v) is 11.7. The van der Waals surface area contributed by atoms with E-state index in [0.29, 0.717) is 35.4 Å². The minimum absolute atomic E-state index is 0.0739. The lowest BCUT2D eigenvalue weighted by Crippen LogP contribution is -2.37. The van der Waals surface area contributed by atoms with Crippen LogP contribution in [-0.2, 0) is 6.42 Å². The summed E-state index contributed by atoms with van der Waals surface area (Å²) in [6.45, 7) is 8.62. The zero-order valence-electron chi connectivity index (χ0n) is 20.0. The van der Waals surface area contributed by atoms with Crippen molar-refractivity contribution in [3.8, 4) is 16.9 Å². The lowest BCUT2D eigenvalue weighted by molar-refractivity contribution is 0.0691. The monoisotopic (exact) mass is 462 g/mol. The number of ether oxygens (including phenoxy) is 1. The van der Waals surface area contributed by atoms with Crippen LogP contribution in [0.15, 0.2) is 54.6 Å². The Bertz CT molecular complexity index is 1150. The third kappa shape index (κ3) is 5.56. The van der Waals surface area contributed by atoms with Gasteiger partial charge in [-0.3, -0.25) is 0 Å². The van der Waals surface area contributed by atoms with Gasteiger partial charge in [0.2, 0.25) is 0 Å². The predicted octanol–water partition coefficient (Wildman–Crippen LogP) is 6.14. The van der Waals surface area contributed by atoms with Crippen LogP contribution in [0.5, 0.6) is 5.75 Å². The normalized spacial score (nSPS) is 15.2. The molecule has 5 nitrogen and oxygen atoms in total. The average Bonchev–Trinajstić information content (AvgIpc) is 2.80. The summed E-state index contributed by atoms with van der Waals surface area (Å²) in [6.07, 6.45) is 2.77. The molecule has 1 fully saturated rings. The molecule has 1 N–H and O–H groups in total. The number of nitrogens with zero attached hydrogens (tertiary/aromatic N) is 2. The number of carboxylic acid groups (broad SMARTS) is 1. The van der Waals surface area contributed by atoms with Gasteiger partial charge >= 0.3 is 5.97 Å². The smallest absolute Gasteiger partial charge is 0.355 e. The third-order valence-electron chi connectivity index (χ3n) is 6.50. The number of benzene rings is 2. The van der Waals surface area contributed by atoms with E-state index in [1.807, 2.05) is 37.3 Å². The molecule has 0 bridgehead atoms. The second kappa shape index (κ2) is 9.84. The number of aromatic nitrogens is 1. The quantitative estimate of drug-likeness (QED) is 0.457. The molecule has 1 saturated heterocycles. The van der Waals surface area contributed by atoms with Gasteiger partial charge in [-0.15, -0.1) is 0 Å². The van der Waals surface area contributed by atoms with E-state index in [-0.39, 0.29) is 11.5 Å². The van der Waals surface area contributed by atoms with E-state index < -0.39 is 5.97 Å². The molecule has 0 amide bonds. The highest BCUT2D eigenvalue weighted by atomic mass is 19.1. The van der Waals surface area contributed by atoms with E-state index in [0.717, 1.165) is 42.7 Å². The van der Waals surface area contributed by atoms with Gasteiger partial charge in [-0.25, -0.2) is 14.2 Å². The topological polar surface area (TPSA) is 62.7 Å². The highest BCUT2D eigenvalue weighted by Crippen LogP contribution is 2.39. The van der Waals surface area contributed by atoms with Crippen molar-refractivity contribution < 1.29 is 19.0 Å². The fourth-order valence-electron chi connectivity index (χ4n) is 4.35. The van der Waals surface area contributed by atoms with E-state index in [1.54, 1.807) is 12.1 Å². The first-order valence-electron chi connectivity index (χ1n) is 11.7. The highest BCUT2D eigenvalue weighted by molar-refractivity contribution is 5.98. The average molecular weight is 463 g/mol. The number of halogens is 1. The first-order chi connectivity index (χ1) is 16.2. The molecule has 6 heteroatoms. The molecule has 0 saturated carbocycles. The molecule has 0 atom stereocenters. The second-order valence-corrected chi connectivity index (χ2v) is 9.71. The summed E-state index contributed by atoms with van der Waals surface area (Å²) >= 11 is 0. The molecule has 34 heavy (non-hydrogen) atoms. The Hall–Kier alpha value is -3.41. The number of rotatable bonds is 7. The maximum atomic E-state index is 13.1. The minimum Gasteiger partial charge on any atom is -0.493 e. The number of pyridine rings is 1. The van der Waals surface area contributed by atoms with Crippen molar-refractivity contribution in [3.63, 3.8) is 0 Å². The molecular formula is C28H31FN2O3. The third-order valence-corrected chi connectivity index (χ3v) is 6.50.